The largest absolute Gasteiger partial charge is 1.00 e. The van der Waals surface area contributed by atoms with E-state index in [9.17, 15) is 13.2 Å². The molecule has 3 rings (SSSR count). The number of benzene rings is 2. The topological polar surface area (TPSA) is 91.3 Å². The molecule has 0 radical (unpaired) electrons. The molecule has 1 heterocycles. The summed E-state index contributed by atoms with van der Waals surface area (Å²) in [4.78, 5) is 10.8. The van der Waals surface area contributed by atoms with Crippen molar-refractivity contribution in [1.29, 1.82) is 0 Å². The van der Waals surface area contributed by atoms with Crippen molar-refractivity contribution in [2.24, 2.45) is 0 Å². The number of halogens is 2. The van der Waals surface area contributed by atoms with Gasteiger partial charge < -0.3 is 22.8 Å². The third-order valence-electron chi connectivity index (χ3n) is 5.31. The molecule has 1 aliphatic rings. The van der Waals surface area contributed by atoms with Gasteiger partial charge in [-0.2, -0.15) is 0 Å². The Morgan fingerprint density at radius 1 is 1.10 bits per heavy atom. The van der Waals surface area contributed by atoms with Gasteiger partial charge in [0.15, 0.2) is 0 Å². The van der Waals surface area contributed by atoms with Gasteiger partial charge in [-0.25, -0.2) is 8.42 Å². The van der Waals surface area contributed by atoms with Crippen LogP contribution in [0.4, 0.5) is 5.69 Å². The van der Waals surface area contributed by atoms with Crippen molar-refractivity contribution in [3.8, 4) is 0 Å². The molecule has 0 saturated carbocycles. The lowest BCUT2D eigenvalue weighted by Gasteiger charge is -2.20. The van der Waals surface area contributed by atoms with E-state index in [1.165, 1.54) is 10.4 Å². The number of sulfonamides is 1. The van der Waals surface area contributed by atoms with Gasteiger partial charge in [-0.15, -0.1) is 0 Å². The first kappa shape index (κ1) is 24.5. The highest BCUT2D eigenvalue weighted by molar-refractivity contribution is 7.92. The maximum atomic E-state index is 13.2. The molecule has 0 unspecified atom stereocenters. The number of rotatable bonds is 8. The van der Waals surface area contributed by atoms with Gasteiger partial charge in [-0.05, 0) is 43.5 Å². The number of fused-ring (bicyclic) bond motifs is 2. The Bertz CT molecular complexity index is 998. The van der Waals surface area contributed by atoms with Crippen molar-refractivity contribution >= 4 is 33.3 Å². The highest BCUT2D eigenvalue weighted by Gasteiger charge is 2.36. The Hall–Kier alpha value is -1.80. The van der Waals surface area contributed by atoms with Crippen molar-refractivity contribution in [2.45, 2.75) is 43.0 Å². The van der Waals surface area contributed by atoms with Crippen molar-refractivity contribution in [2.75, 3.05) is 17.9 Å². The predicted octanol–water partition coefficient (Wildman–Crippen LogP) is 0.170. The summed E-state index contributed by atoms with van der Waals surface area (Å²) in [6, 6.07) is 12.5. The molecule has 1 atom stereocenters. The second-order valence-corrected chi connectivity index (χ2v) is 9.65. The molecular weight excluding hydrogens is 447 g/mol. The van der Waals surface area contributed by atoms with Crippen LogP contribution in [-0.4, -0.2) is 33.1 Å². The number of anilines is 1. The fourth-order valence-corrected chi connectivity index (χ4v) is 5.51. The van der Waals surface area contributed by atoms with Crippen LogP contribution in [0.5, 0.6) is 0 Å². The van der Waals surface area contributed by atoms with Crippen LogP contribution in [0.25, 0.3) is 0 Å². The zero-order chi connectivity index (χ0) is 21.0. The number of unbranched alkanes of at least 4 members (excludes halogenated alkanes) is 3. The third kappa shape index (κ3) is 5.27. The molecule has 2 aromatic carbocycles. The number of carboxylic acid groups (broad SMARTS) is 1. The summed E-state index contributed by atoms with van der Waals surface area (Å²) in [5.41, 5.74) is 2.35. The third-order valence-corrected chi connectivity index (χ3v) is 7.37. The van der Waals surface area contributed by atoms with Crippen LogP contribution < -0.4 is 22.0 Å². The van der Waals surface area contributed by atoms with E-state index in [0.717, 1.165) is 36.9 Å². The second-order valence-electron chi connectivity index (χ2n) is 7.27. The quantitative estimate of drug-likeness (QED) is 0.535. The number of para-hydroxylation sites is 1. The monoisotopic (exact) mass is 472 g/mol. The summed E-state index contributed by atoms with van der Waals surface area (Å²) in [5, 5.41) is 11.3. The van der Waals surface area contributed by atoms with Crippen LogP contribution in [0.2, 0.25) is 5.02 Å². The molecule has 9 heteroatoms. The molecule has 0 aromatic heterocycles. The van der Waals surface area contributed by atoms with E-state index in [0.29, 0.717) is 17.1 Å². The van der Waals surface area contributed by atoms with Crippen molar-refractivity contribution < 1.29 is 36.0 Å². The summed E-state index contributed by atoms with van der Waals surface area (Å²) in [5.74, 6) is -0.757. The lowest BCUT2D eigenvalue weighted by atomic mass is 9.96. The minimum Gasteiger partial charge on any atom is -1.00 e. The molecule has 0 bridgehead atoms. The zero-order valence-electron chi connectivity index (χ0n) is 16.7. The number of hydrogen-bond acceptors (Lipinski definition) is 3. The number of quaternary nitrogens is 1. The van der Waals surface area contributed by atoms with Crippen LogP contribution in [0, 0.1) is 0 Å². The average Bonchev–Trinajstić information content (AvgIpc) is 2.75. The van der Waals surface area contributed by atoms with E-state index in [4.69, 9.17) is 16.7 Å². The van der Waals surface area contributed by atoms with Crippen LogP contribution in [0.15, 0.2) is 47.4 Å². The summed E-state index contributed by atoms with van der Waals surface area (Å²) >= 11 is 6.13. The molecule has 3 N–H and O–H groups in total. The normalized spacial score (nSPS) is 16.7. The van der Waals surface area contributed by atoms with Gasteiger partial charge in [0.2, 0.25) is 0 Å². The number of hydrogen-bond donors (Lipinski definition) is 2. The van der Waals surface area contributed by atoms with Gasteiger partial charge >= 0.3 is 5.97 Å². The molecule has 0 spiro atoms. The van der Waals surface area contributed by atoms with Gasteiger partial charge in [0.25, 0.3) is 10.0 Å². The van der Waals surface area contributed by atoms with Crippen LogP contribution in [0.3, 0.4) is 0 Å². The van der Waals surface area contributed by atoms with Gasteiger partial charge in [-0.1, -0.05) is 36.2 Å². The van der Waals surface area contributed by atoms with Gasteiger partial charge in [-0.3, -0.25) is 9.10 Å². The van der Waals surface area contributed by atoms with E-state index in [1.807, 2.05) is 24.3 Å². The number of carbonyl (C=O) groups is 1. The minimum absolute atomic E-state index is 0. The van der Waals surface area contributed by atoms with Crippen molar-refractivity contribution in [1.82, 2.24) is 0 Å². The summed E-state index contributed by atoms with van der Waals surface area (Å²) in [6.45, 7) is 0.817. The maximum Gasteiger partial charge on any atom is 0.303 e. The molecule has 164 valence electrons. The Morgan fingerprint density at radius 2 is 1.80 bits per heavy atom. The summed E-state index contributed by atoms with van der Waals surface area (Å²) < 4.78 is 27.7. The maximum absolute atomic E-state index is 13.2. The first-order valence-electron chi connectivity index (χ1n) is 9.75. The molecule has 0 amide bonds. The van der Waals surface area contributed by atoms with Crippen LogP contribution in [-0.2, 0) is 14.8 Å². The minimum atomic E-state index is -3.70. The average molecular weight is 473 g/mol. The number of aliphatic carboxylic acids is 1. The van der Waals surface area contributed by atoms with Gasteiger partial charge in [0.1, 0.15) is 6.04 Å². The molecule has 2 aromatic rings. The standard InChI is InChI=1S/C21H25ClN2O4S.ClH/c1-24-18-9-6-5-8-16(18)21(23-13-7-3-2-4-10-20(25)26)17-12-11-15(22)14-19(17)29(24,27)28;/h5-6,8-9,11-12,14,21,23H,2-4,7,10,13H2,1H3,(H,25,26);1H/t21-;/m1./s1. The van der Waals surface area contributed by atoms with E-state index in [2.05, 4.69) is 5.32 Å². The number of carboxylic acids is 1. The van der Waals surface area contributed by atoms with Gasteiger partial charge in [0.05, 0.1) is 17.1 Å². The SMILES string of the molecule is CN1c2ccccc2[C@@H]([NH2+]CCCCCCC(=O)O)c2ccc(Cl)cc2S1(=O)=O.[Cl-]. The Balaban J connectivity index is 0.00000320. The summed E-state index contributed by atoms with van der Waals surface area (Å²) in [7, 11) is -2.13. The summed E-state index contributed by atoms with van der Waals surface area (Å²) in [6.07, 6.45) is 3.66. The predicted molar refractivity (Wildman–Crippen MR) is 113 cm³/mol. The van der Waals surface area contributed by atoms with Crippen LogP contribution >= 0.6 is 11.6 Å². The van der Waals surface area contributed by atoms with E-state index >= 15 is 0 Å². The lowest BCUT2D eigenvalue weighted by molar-refractivity contribution is -0.687. The smallest absolute Gasteiger partial charge is 0.303 e. The van der Waals surface area contributed by atoms with E-state index in [-0.39, 0.29) is 29.8 Å². The molecular formula is C21H26Cl2N2O4S. The van der Waals surface area contributed by atoms with E-state index < -0.39 is 16.0 Å². The Labute approximate surface area is 188 Å². The van der Waals surface area contributed by atoms with Gasteiger partial charge in [0, 0.05) is 29.6 Å². The Kier molecular flexibility index (Phi) is 8.55. The second kappa shape index (κ2) is 10.5. The number of nitrogens with two attached hydrogens (primary N) is 1. The zero-order valence-corrected chi connectivity index (χ0v) is 19.1. The van der Waals surface area contributed by atoms with E-state index in [1.54, 1.807) is 19.2 Å². The number of nitrogens with zero attached hydrogens (tertiary/aromatic N) is 1. The highest BCUT2D eigenvalue weighted by Crippen LogP contribution is 2.39. The fourth-order valence-electron chi connectivity index (χ4n) is 3.78. The highest BCUT2D eigenvalue weighted by atomic mass is 35.5. The first-order valence-corrected chi connectivity index (χ1v) is 11.6. The fraction of sp³-hybridized carbons (Fsp3) is 0.381. The molecule has 0 fully saturated rings. The molecule has 6 nitrogen and oxygen atoms in total. The molecule has 30 heavy (non-hydrogen) atoms. The Morgan fingerprint density at radius 3 is 2.53 bits per heavy atom. The molecule has 0 saturated heterocycles. The first-order chi connectivity index (χ1) is 13.8. The van der Waals surface area contributed by atoms with Crippen molar-refractivity contribution in [3.05, 3.63) is 58.6 Å². The van der Waals surface area contributed by atoms with Crippen molar-refractivity contribution in [3.63, 3.8) is 0 Å². The molecule has 1 aliphatic heterocycles. The molecule has 0 aliphatic carbocycles. The lowest BCUT2D eigenvalue weighted by Crippen LogP contribution is -3.00. The van der Waals surface area contributed by atoms with Crippen LogP contribution in [0.1, 0.15) is 49.3 Å².